The van der Waals surface area contributed by atoms with E-state index in [1.165, 1.54) is 115 Å². The van der Waals surface area contributed by atoms with Crippen molar-refractivity contribution in [2.24, 2.45) is 0 Å². The van der Waals surface area contributed by atoms with E-state index in [0.717, 1.165) is 11.1 Å². The van der Waals surface area contributed by atoms with Gasteiger partial charge in [0.05, 0.1) is 0 Å². The molecule has 33 heavy (non-hydrogen) atoms. The molecular formula is C32H50O. The van der Waals surface area contributed by atoms with E-state index >= 15 is 0 Å². The zero-order valence-electron chi connectivity index (χ0n) is 21.7. The molecule has 0 aliphatic carbocycles. The van der Waals surface area contributed by atoms with E-state index in [-0.39, 0.29) is 0 Å². The van der Waals surface area contributed by atoms with Gasteiger partial charge in [-0.2, -0.15) is 0 Å². The van der Waals surface area contributed by atoms with Gasteiger partial charge < -0.3 is 5.11 Å². The van der Waals surface area contributed by atoms with Gasteiger partial charge in [0, 0.05) is 5.56 Å². The Bertz CT molecular complexity index is 721. The molecule has 1 atom stereocenters. The molecule has 0 amide bonds. The van der Waals surface area contributed by atoms with Crippen LogP contribution in [0.4, 0.5) is 0 Å². The molecule has 1 nitrogen and oxygen atoms in total. The van der Waals surface area contributed by atoms with E-state index in [1.54, 1.807) is 0 Å². The highest BCUT2D eigenvalue weighted by Crippen LogP contribution is 2.40. The Morgan fingerprint density at radius 1 is 0.545 bits per heavy atom. The minimum Gasteiger partial charge on any atom is -0.507 e. The lowest BCUT2D eigenvalue weighted by Crippen LogP contribution is -2.03. The third kappa shape index (κ3) is 10.8. The average molecular weight is 451 g/mol. The van der Waals surface area contributed by atoms with Crippen molar-refractivity contribution >= 4 is 0 Å². The lowest BCUT2D eigenvalue weighted by atomic mass is 9.83. The lowest BCUT2D eigenvalue weighted by Gasteiger charge is -2.22. The molecule has 2 aromatic carbocycles. The molecule has 0 spiro atoms. The molecule has 0 aromatic heterocycles. The number of unbranched alkanes of at least 4 members (excludes halogenated alkanes) is 13. The highest BCUT2D eigenvalue weighted by Gasteiger charge is 2.18. The van der Waals surface area contributed by atoms with Crippen LogP contribution in [0.2, 0.25) is 0 Å². The zero-order chi connectivity index (χ0) is 23.6. The minimum atomic E-state index is 0.429. The van der Waals surface area contributed by atoms with E-state index in [0.29, 0.717) is 11.7 Å². The van der Waals surface area contributed by atoms with Crippen molar-refractivity contribution in [3.8, 4) is 16.9 Å². The first-order chi connectivity index (χ1) is 16.3. The van der Waals surface area contributed by atoms with Crippen LogP contribution in [-0.4, -0.2) is 5.11 Å². The highest BCUT2D eigenvalue weighted by atomic mass is 16.3. The molecule has 0 aliphatic rings. The monoisotopic (exact) mass is 450 g/mol. The predicted octanol–water partition coefficient (Wildman–Crippen LogP) is 10.8. The first kappa shape index (κ1) is 27.5. The van der Waals surface area contributed by atoms with Crippen molar-refractivity contribution in [3.63, 3.8) is 0 Å². The minimum absolute atomic E-state index is 0.429. The first-order valence-corrected chi connectivity index (χ1v) is 14.1. The summed E-state index contributed by atoms with van der Waals surface area (Å²) in [5.74, 6) is 0.974. The molecule has 2 aromatic rings. The van der Waals surface area contributed by atoms with Crippen LogP contribution in [0.25, 0.3) is 11.1 Å². The Morgan fingerprint density at radius 2 is 1.03 bits per heavy atom. The van der Waals surface area contributed by atoms with Crippen LogP contribution in [0, 0.1) is 0 Å². The summed E-state index contributed by atoms with van der Waals surface area (Å²) >= 11 is 0. The summed E-state index contributed by atoms with van der Waals surface area (Å²) in [4.78, 5) is 0. The van der Waals surface area contributed by atoms with Crippen LogP contribution in [0.5, 0.6) is 5.75 Å². The lowest BCUT2D eigenvalue weighted by molar-refractivity contribution is 0.467. The van der Waals surface area contributed by atoms with Crippen molar-refractivity contribution in [1.29, 1.82) is 0 Å². The number of benzene rings is 2. The highest BCUT2D eigenvalue weighted by molar-refractivity contribution is 5.74. The number of hydrogen-bond acceptors (Lipinski definition) is 1. The van der Waals surface area contributed by atoms with Crippen molar-refractivity contribution in [2.75, 3.05) is 0 Å². The van der Waals surface area contributed by atoms with Gasteiger partial charge in [-0.15, -0.1) is 0 Å². The molecule has 0 saturated heterocycles. The molecule has 2 rings (SSSR count). The topological polar surface area (TPSA) is 20.2 Å². The fourth-order valence-corrected chi connectivity index (χ4v) is 5.14. The summed E-state index contributed by atoms with van der Waals surface area (Å²) in [7, 11) is 0. The Morgan fingerprint density at radius 3 is 1.55 bits per heavy atom. The van der Waals surface area contributed by atoms with Crippen LogP contribution in [0.3, 0.4) is 0 Å². The fraction of sp³-hybridized carbons (Fsp3) is 0.625. The van der Waals surface area contributed by atoms with Gasteiger partial charge in [0.2, 0.25) is 0 Å². The van der Waals surface area contributed by atoms with Crippen LogP contribution in [-0.2, 0) is 0 Å². The molecule has 0 bridgehead atoms. The molecule has 184 valence electrons. The van der Waals surface area contributed by atoms with Gasteiger partial charge >= 0.3 is 0 Å². The second-order valence-electron chi connectivity index (χ2n) is 9.98. The maximum atomic E-state index is 10.8. The third-order valence-electron chi connectivity index (χ3n) is 7.14. The number of phenolic OH excluding ortho intramolecular Hbond substituents is 1. The van der Waals surface area contributed by atoms with Gasteiger partial charge in [-0.05, 0) is 36.0 Å². The van der Waals surface area contributed by atoms with Crippen molar-refractivity contribution in [2.45, 2.75) is 129 Å². The van der Waals surface area contributed by atoms with Gasteiger partial charge in [0.1, 0.15) is 5.75 Å². The Balaban J connectivity index is 1.96. The van der Waals surface area contributed by atoms with E-state index < -0.39 is 0 Å². The quantitative estimate of drug-likeness (QED) is 0.211. The third-order valence-corrected chi connectivity index (χ3v) is 7.14. The van der Waals surface area contributed by atoms with Crippen LogP contribution < -0.4 is 0 Å². The molecule has 1 heteroatoms. The maximum Gasteiger partial charge on any atom is 0.123 e. The Kier molecular flexibility index (Phi) is 14.7. The number of phenols is 1. The SMILES string of the molecule is CCCCCCCCCCCC(CCCCCCCC)c1cccc(O)c1-c1ccccc1. The fourth-order valence-electron chi connectivity index (χ4n) is 5.14. The van der Waals surface area contributed by atoms with Crippen LogP contribution in [0.15, 0.2) is 48.5 Å². The second-order valence-corrected chi connectivity index (χ2v) is 9.98. The van der Waals surface area contributed by atoms with Crippen LogP contribution in [0.1, 0.15) is 134 Å². The summed E-state index contributed by atoms with van der Waals surface area (Å²) in [6.07, 6.45) is 22.9. The van der Waals surface area contributed by atoms with Gasteiger partial charge in [-0.1, -0.05) is 153 Å². The first-order valence-electron chi connectivity index (χ1n) is 14.1. The molecule has 1 unspecified atom stereocenters. The smallest absolute Gasteiger partial charge is 0.123 e. The van der Waals surface area contributed by atoms with Crippen molar-refractivity contribution in [3.05, 3.63) is 54.1 Å². The summed E-state index contributed by atoms with van der Waals surface area (Å²) in [6.45, 7) is 4.57. The summed E-state index contributed by atoms with van der Waals surface area (Å²) in [5, 5.41) is 10.8. The van der Waals surface area contributed by atoms with E-state index in [4.69, 9.17) is 0 Å². The molecular weight excluding hydrogens is 400 g/mol. The summed E-state index contributed by atoms with van der Waals surface area (Å²) < 4.78 is 0. The summed E-state index contributed by atoms with van der Waals surface area (Å²) in [5.41, 5.74) is 3.56. The van der Waals surface area contributed by atoms with Crippen molar-refractivity contribution in [1.82, 2.24) is 0 Å². The van der Waals surface area contributed by atoms with Gasteiger partial charge in [-0.3, -0.25) is 0 Å². The second kappa shape index (κ2) is 17.7. The average Bonchev–Trinajstić information content (AvgIpc) is 2.84. The van der Waals surface area contributed by atoms with Gasteiger partial charge in [0.25, 0.3) is 0 Å². The molecule has 0 fully saturated rings. The number of aromatic hydroxyl groups is 1. The Hall–Kier alpha value is -1.76. The standard InChI is InChI=1S/C32H50O/c1-3-5-7-9-11-12-13-15-18-23-28(22-17-14-10-8-6-4-2)30-26-21-27-31(33)32(30)29-24-19-16-20-25-29/h16,19-21,24-28,33H,3-15,17-18,22-23H2,1-2H3. The molecule has 1 N–H and O–H groups in total. The zero-order valence-corrected chi connectivity index (χ0v) is 21.7. The largest absolute Gasteiger partial charge is 0.507 e. The number of rotatable bonds is 19. The summed E-state index contributed by atoms with van der Waals surface area (Å²) in [6, 6.07) is 16.7. The normalized spacial score (nSPS) is 12.2. The molecule has 0 aliphatic heterocycles. The van der Waals surface area contributed by atoms with E-state index in [1.807, 2.05) is 12.1 Å². The van der Waals surface area contributed by atoms with Crippen LogP contribution >= 0.6 is 0 Å². The Labute approximate surface area is 205 Å². The van der Waals surface area contributed by atoms with Crippen molar-refractivity contribution < 1.29 is 5.11 Å². The van der Waals surface area contributed by atoms with Gasteiger partial charge in [0.15, 0.2) is 0 Å². The molecule has 0 saturated carbocycles. The van der Waals surface area contributed by atoms with E-state index in [9.17, 15) is 5.11 Å². The number of hydrogen-bond donors (Lipinski definition) is 1. The van der Waals surface area contributed by atoms with Gasteiger partial charge in [-0.25, -0.2) is 0 Å². The maximum absolute atomic E-state index is 10.8. The molecule has 0 radical (unpaired) electrons. The molecule has 0 heterocycles. The predicted molar refractivity (Wildman–Crippen MR) is 146 cm³/mol. The van der Waals surface area contributed by atoms with E-state index in [2.05, 4.69) is 50.2 Å².